The van der Waals surface area contributed by atoms with Crippen molar-refractivity contribution in [1.82, 2.24) is 0 Å². The van der Waals surface area contributed by atoms with Gasteiger partial charge in [0, 0.05) is 0 Å². The van der Waals surface area contributed by atoms with E-state index in [1.807, 2.05) is 0 Å². The van der Waals surface area contributed by atoms with Crippen LogP contribution < -0.4 is 29.6 Å². The largest absolute Gasteiger partial charge is 1.00 e. The van der Waals surface area contributed by atoms with Gasteiger partial charge in [0.25, 0.3) is 0 Å². The molecule has 0 bridgehead atoms. The minimum atomic E-state index is -4.20. The van der Waals surface area contributed by atoms with Crippen LogP contribution in [0, 0.1) is 0 Å². The van der Waals surface area contributed by atoms with Gasteiger partial charge < -0.3 is 1.43 Å². The van der Waals surface area contributed by atoms with Crippen LogP contribution in [0.4, 0.5) is 0 Å². The molecule has 0 aliphatic heterocycles. The first-order valence-corrected chi connectivity index (χ1v) is 3.29. The van der Waals surface area contributed by atoms with E-state index in [0.29, 0.717) is 0 Å². The second kappa shape index (κ2) is 6.29. The van der Waals surface area contributed by atoms with Crippen molar-refractivity contribution in [3.05, 3.63) is 12.7 Å². The average Bonchev–Trinajstić information content (AvgIpc) is 1.84. The summed E-state index contributed by atoms with van der Waals surface area (Å²) in [5.74, 6) is 0. The quantitative estimate of drug-likeness (QED) is 0.215. The van der Waals surface area contributed by atoms with Gasteiger partial charge in [-0.1, -0.05) is 10.4 Å². The Morgan fingerprint density at radius 3 is 2.50 bits per heavy atom. The van der Waals surface area contributed by atoms with Crippen LogP contribution in [0.2, 0.25) is 0 Å². The van der Waals surface area contributed by atoms with Crippen LogP contribution in [-0.2, 0) is 18.9 Å². The molecule has 0 aromatic rings. The topological polar surface area (TPSA) is 72.8 Å². The Balaban J connectivity index is -0.000000320. The van der Waals surface area contributed by atoms with E-state index in [1.54, 1.807) is 0 Å². The molecule has 0 fully saturated rings. The first-order chi connectivity index (χ1) is 4.12. The van der Waals surface area contributed by atoms with Gasteiger partial charge in [0.2, 0.25) is 0 Å². The third kappa shape index (κ3) is 6.69. The van der Waals surface area contributed by atoms with E-state index in [2.05, 4.69) is 15.1 Å². The van der Waals surface area contributed by atoms with Gasteiger partial charge in [0.1, 0.15) is 0 Å². The molecule has 0 aromatic carbocycles. The molecule has 56 valence electrons. The van der Waals surface area contributed by atoms with Crippen molar-refractivity contribution in [2.24, 2.45) is 0 Å². The Hall–Kier alpha value is 0.570. The van der Waals surface area contributed by atoms with Crippen molar-refractivity contribution in [3.63, 3.8) is 0 Å². The van der Waals surface area contributed by atoms with Gasteiger partial charge >= 0.3 is 40.0 Å². The Bertz CT molecular complexity index is 178. The summed E-state index contributed by atoms with van der Waals surface area (Å²) in [7, 11) is -4.20. The normalized spacial score (nSPS) is 10.1. The zero-order chi connectivity index (χ0) is 7.33. The molecule has 0 saturated carbocycles. The van der Waals surface area contributed by atoms with E-state index < -0.39 is 10.4 Å². The fourth-order valence-electron chi connectivity index (χ4n) is 0.153. The maximum Gasteiger partial charge on any atom is 1.00 e. The molecule has 1 N–H and O–H groups in total. The van der Waals surface area contributed by atoms with Gasteiger partial charge in [-0.2, -0.15) is 8.42 Å². The van der Waals surface area contributed by atoms with Crippen molar-refractivity contribution < 1.29 is 53.2 Å². The summed E-state index contributed by atoms with van der Waals surface area (Å²) in [5.41, 5.74) is 0. The molecule has 0 aliphatic carbocycles. The summed E-state index contributed by atoms with van der Waals surface area (Å²) in [4.78, 5) is 0. The van der Waals surface area contributed by atoms with E-state index in [9.17, 15) is 8.42 Å². The summed E-state index contributed by atoms with van der Waals surface area (Å²) in [6, 6.07) is 0. The molecule has 0 aromatic heterocycles. The third-order valence-electron chi connectivity index (χ3n) is 0.422. The molecule has 0 spiro atoms. The fraction of sp³-hybridized carbons (Fsp3) is 0.333. The van der Waals surface area contributed by atoms with Crippen LogP contribution in [0.25, 0.3) is 0 Å². The molecule has 10 heavy (non-hydrogen) atoms. The first kappa shape index (κ1) is 13.2. The van der Waals surface area contributed by atoms with Gasteiger partial charge in [-0.25, -0.2) is 9.44 Å². The van der Waals surface area contributed by atoms with Crippen LogP contribution in [-0.4, -0.2) is 20.3 Å². The maximum absolute atomic E-state index is 10.0. The summed E-state index contributed by atoms with van der Waals surface area (Å²) >= 11 is 0. The predicted octanol–water partition coefficient (Wildman–Crippen LogP) is -2.96. The zero-order valence-corrected chi connectivity index (χ0v) is 8.30. The van der Waals surface area contributed by atoms with Crippen molar-refractivity contribution in [3.8, 4) is 0 Å². The van der Waals surface area contributed by atoms with Crippen molar-refractivity contribution in [2.45, 2.75) is 0 Å². The van der Waals surface area contributed by atoms with E-state index in [-0.39, 0.29) is 37.6 Å². The average molecular weight is 178 g/mol. The Kier molecular flexibility index (Phi) is 8.29. The molecule has 5 nitrogen and oxygen atoms in total. The summed E-state index contributed by atoms with van der Waals surface area (Å²) < 4.78 is 26.9. The van der Waals surface area contributed by atoms with Crippen LogP contribution in [0.5, 0.6) is 0 Å². The molecule has 0 saturated heterocycles. The second-order valence-corrected chi connectivity index (χ2v) is 2.26. The minimum absolute atomic E-state index is 0. The first-order valence-electron chi connectivity index (χ1n) is 1.95. The summed E-state index contributed by atoms with van der Waals surface area (Å²) in [5, 5.41) is 7.57. The molecule has 0 amide bonds. The molecule has 0 atom stereocenters. The minimum Gasteiger partial charge on any atom is -1.00 e. The molecular formula is C3H7NaO5S. The molecule has 0 rings (SSSR count). The Labute approximate surface area is 82.7 Å². The zero-order valence-electron chi connectivity index (χ0n) is 6.48. The fourth-order valence-corrected chi connectivity index (χ4v) is 0.459. The maximum atomic E-state index is 10.0. The Morgan fingerprint density at radius 1 is 1.70 bits per heavy atom. The van der Waals surface area contributed by atoms with Gasteiger partial charge in [0.05, 0.1) is 6.61 Å². The number of hydrogen-bond donors (Lipinski definition) is 1. The van der Waals surface area contributed by atoms with Gasteiger partial charge in [-0.05, 0) is 0 Å². The van der Waals surface area contributed by atoms with E-state index in [1.165, 1.54) is 6.08 Å². The van der Waals surface area contributed by atoms with E-state index >= 15 is 0 Å². The third-order valence-corrected chi connectivity index (χ3v) is 1.03. The van der Waals surface area contributed by atoms with Crippen molar-refractivity contribution in [1.29, 1.82) is 0 Å². The standard InChI is InChI=1S/C3H6O5S.Na.H/c1-2-3-7-9(5,6)8-4;;/h2,4H,1,3H2;;/q;+1;-1. The monoisotopic (exact) mass is 178 g/mol. The second-order valence-electron chi connectivity index (χ2n) is 1.06. The molecule has 0 aliphatic rings. The van der Waals surface area contributed by atoms with Gasteiger partial charge in [0.15, 0.2) is 0 Å². The van der Waals surface area contributed by atoms with Crippen LogP contribution in [0.1, 0.15) is 1.43 Å². The SMILES string of the molecule is C=CCOS(=O)(=O)OO.[H-].[Na+]. The molecule has 0 radical (unpaired) electrons. The molecule has 0 heterocycles. The molecular weight excluding hydrogens is 171 g/mol. The summed E-state index contributed by atoms with van der Waals surface area (Å²) in [6.07, 6.45) is 1.20. The Morgan fingerprint density at radius 2 is 2.20 bits per heavy atom. The summed E-state index contributed by atoms with van der Waals surface area (Å²) in [6.45, 7) is 2.95. The molecule has 0 unspecified atom stereocenters. The number of rotatable bonds is 4. The smallest absolute Gasteiger partial charge is 1.00 e. The van der Waals surface area contributed by atoms with Crippen molar-refractivity contribution >= 4 is 10.4 Å². The predicted molar refractivity (Wildman–Crippen MR) is 29.9 cm³/mol. The van der Waals surface area contributed by atoms with Crippen LogP contribution in [0.3, 0.4) is 0 Å². The number of hydrogen-bond acceptors (Lipinski definition) is 5. The van der Waals surface area contributed by atoms with Gasteiger partial charge in [-0.3, -0.25) is 0 Å². The van der Waals surface area contributed by atoms with E-state index in [4.69, 9.17) is 5.26 Å². The van der Waals surface area contributed by atoms with Crippen LogP contribution >= 0.6 is 0 Å². The van der Waals surface area contributed by atoms with Gasteiger partial charge in [-0.15, -0.1) is 6.58 Å². The molecule has 7 heteroatoms. The van der Waals surface area contributed by atoms with E-state index in [0.717, 1.165) is 0 Å². The van der Waals surface area contributed by atoms with Crippen LogP contribution in [0.15, 0.2) is 12.7 Å². The van der Waals surface area contributed by atoms with Crippen molar-refractivity contribution in [2.75, 3.05) is 6.61 Å².